The lowest BCUT2D eigenvalue weighted by Crippen LogP contribution is -2.49. The highest BCUT2D eigenvalue weighted by Crippen LogP contribution is 2.30. The fourth-order valence-electron chi connectivity index (χ4n) is 6.79. The number of nitrogens with zero attached hydrogens (tertiary/aromatic N) is 6. The molecule has 4 aliphatic rings. The summed E-state index contributed by atoms with van der Waals surface area (Å²) in [7, 11) is 0. The van der Waals surface area contributed by atoms with Crippen molar-refractivity contribution in [3.05, 3.63) is 48.0 Å². The molecule has 0 aliphatic carbocycles. The van der Waals surface area contributed by atoms with Crippen LogP contribution in [0.25, 0.3) is 0 Å². The summed E-state index contributed by atoms with van der Waals surface area (Å²) in [5.74, 6) is 1.79. The van der Waals surface area contributed by atoms with Crippen LogP contribution in [0.2, 0.25) is 0 Å². The van der Waals surface area contributed by atoms with E-state index < -0.39 is 23.8 Å². The number of aliphatic hydroxyl groups is 2. The summed E-state index contributed by atoms with van der Waals surface area (Å²) in [5.41, 5.74) is 7.26. The molecule has 20 heteroatoms. The zero-order valence-electron chi connectivity index (χ0n) is 32.5. The maximum absolute atomic E-state index is 14.8. The van der Waals surface area contributed by atoms with Crippen LogP contribution in [0, 0.1) is 11.6 Å². The third-order valence-electron chi connectivity index (χ3n) is 9.94. The lowest BCUT2D eigenvalue weighted by molar-refractivity contribution is -0.133. The van der Waals surface area contributed by atoms with Gasteiger partial charge in [-0.05, 0) is 48.7 Å². The Hall–Kier alpha value is -4.76. The second-order valence-electron chi connectivity index (χ2n) is 13.6. The highest BCUT2D eigenvalue weighted by Gasteiger charge is 2.34. The first-order chi connectivity index (χ1) is 28.0. The van der Waals surface area contributed by atoms with Crippen molar-refractivity contribution >= 4 is 82.0 Å². The molecule has 0 unspecified atom stereocenters. The molecule has 0 spiro atoms. The van der Waals surface area contributed by atoms with E-state index in [9.17, 15) is 28.0 Å². The second-order valence-corrected chi connectivity index (χ2v) is 14.1. The minimum atomic E-state index is -0.524. The van der Waals surface area contributed by atoms with Crippen molar-refractivity contribution < 1.29 is 47.6 Å². The van der Waals surface area contributed by atoms with Crippen molar-refractivity contribution in [2.45, 2.75) is 38.4 Å². The van der Waals surface area contributed by atoms with E-state index in [0.29, 0.717) is 99.7 Å². The van der Waals surface area contributed by atoms with Crippen LogP contribution in [0.15, 0.2) is 36.4 Å². The number of hydrogen-bond acceptors (Lipinski definition) is 13. The fourth-order valence-corrected chi connectivity index (χ4v) is 6.87. The van der Waals surface area contributed by atoms with Crippen molar-refractivity contribution in [3.8, 4) is 0 Å². The van der Waals surface area contributed by atoms with E-state index in [2.05, 4.69) is 23.4 Å². The van der Waals surface area contributed by atoms with Crippen LogP contribution in [-0.4, -0.2) is 159 Å². The number of thiocarbonyl (C=S) groups is 2. The van der Waals surface area contributed by atoms with Gasteiger partial charge in [0.05, 0.1) is 60.6 Å². The van der Waals surface area contributed by atoms with Gasteiger partial charge in [0.1, 0.15) is 23.8 Å². The molecule has 0 bridgehead atoms. The smallest absolute Gasteiger partial charge is 0.414 e. The normalized spacial score (nSPS) is 19.1. The van der Waals surface area contributed by atoms with Gasteiger partial charge in [-0.15, -0.1) is 0 Å². The van der Waals surface area contributed by atoms with E-state index in [1.807, 2.05) is 16.7 Å². The first-order valence-corrected chi connectivity index (χ1v) is 20.0. The van der Waals surface area contributed by atoms with Crippen LogP contribution in [0.5, 0.6) is 0 Å². The number of amides is 4. The van der Waals surface area contributed by atoms with Gasteiger partial charge in [0, 0.05) is 71.7 Å². The van der Waals surface area contributed by atoms with Gasteiger partial charge in [0.15, 0.2) is 0 Å². The predicted molar refractivity (Wildman–Crippen MR) is 224 cm³/mol. The van der Waals surface area contributed by atoms with Crippen LogP contribution in [0.4, 0.5) is 41.1 Å². The monoisotopic (exact) mass is 850 g/mol. The van der Waals surface area contributed by atoms with Crippen LogP contribution >= 0.6 is 24.4 Å². The third kappa shape index (κ3) is 11.9. The average molecular weight is 851 g/mol. The van der Waals surface area contributed by atoms with Crippen molar-refractivity contribution in [1.82, 2.24) is 15.1 Å². The van der Waals surface area contributed by atoms with Gasteiger partial charge < -0.3 is 50.3 Å². The Morgan fingerprint density at radius 2 is 1.19 bits per heavy atom. The number of nitrogens with two attached hydrogens (primary N) is 1. The van der Waals surface area contributed by atoms with E-state index in [4.69, 9.17) is 37.6 Å². The van der Waals surface area contributed by atoms with Crippen molar-refractivity contribution in [1.29, 1.82) is 0 Å². The number of piperazine rings is 2. The van der Waals surface area contributed by atoms with Crippen molar-refractivity contribution in [2.75, 3.05) is 111 Å². The summed E-state index contributed by atoms with van der Waals surface area (Å²) < 4.78 is 39.9. The zero-order chi connectivity index (χ0) is 42.4. The number of benzene rings is 2. The molecule has 2 aromatic carbocycles. The molecule has 0 radical (unpaired) electrons. The van der Waals surface area contributed by atoms with E-state index in [0.717, 1.165) is 6.42 Å². The van der Waals surface area contributed by atoms with E-state index >= 15 is 0 Å². The summed E-state index contributed by atoms with van der Waals surface area (Å²) >= 11 is 8.95. The Bertz CT molecular complexity index is 1750. The third-order valence-corrected chi connectivity index (χ3v) is 10.4. The molecule has 2 aromatic rings. The van der Waals surface area contributed by atoms with E-state index in [1.54, 1.807) is 34.1 Å². The minimum Gasteiger partial charge on any atom is -0.443 e. The molecule has 318 valence electrons. The van der Waals surface area contributed by atoms with Gasteiger partial charge in [-0.1, -0.05) is 31.4 Å². The highest BCUT2D eigenvalue weighted by atomic mass is 32.1. The molecular formula is C38H52F2N8O8S2. The number of anilines is 4. The molecule has 16 nitrogen and oxygen atoms in total. The number of hydrogen-bond donors (Lipinski definition) is 4. The summed E-state index contributed by atoms with van der Waals surface area (Å²) in [4.78, 5) is 58.3. The summed E-state index contributed by atoms with van der Waals surface area (Å²) in [6.07, 6.45) is -0.829. The predicted octanol–water partition coefficient (Wildman–Crippen LogP) is 2.27. The molecule has 0 aromatic heterocycles. The number of carbonyl (C=O) groups is 4. The largest absolute Gasteiger partial charge is 0.443 e. The average Bonchev–Trinajstić information content (AvgIpc) is 3.82. The quantitative estimate of drug-likeness (QED) is 0.228. The maximum Gasteiger partial charge on any atom is 0.414 e. The highest BCUT2D eigenvalue weighted by molar-refractivity contribution is 7.80. The number of rotatable bonds is 12. The second kappa shape index (κ2) is 22.4. The maximum atomic E-state index is 14.8. The Balaban J connectivity index is 0.000000248. The Morgan fingerprint density at radius 3 is 1.55 bits per heavy atom. The van der Waals surface area contributed by atoms with Crippen molar-refractivity contribution in [2.24, 2.45) is 5.73 Å². The topological polar surface area (TPSA) is 185 Å². The van der Waals surface area contributed by atoms with Gasteiger partial charge in [-0.2, -0.15) is 0 Å². The Morgan fingerprint density at radius 1 is 0.776 bits per heavy atom. The van der Waals surface area contributed by atoms with Gasteiger partial charge >= 0.3 is 12.2 Å². The van der Waals surface area contributed by atoms with Gasteiger partial charge in [-0.25, -0.2) is 18.4 Å². The lowest BCUT2D eigenvalue weighted by Gasteiger charge is -2.36. The molecule has 4 saturated heterocycles. The number of cyclic esters (lactones) is 2. The number of carbonyl (C=O) groups excluding carboxylic acids is 4. The molecule has 4 fully saturated rings. The summed E-state index contributed by atoms with van der Waals surface area (Å²) in [6, 6.07) is 9.34. The van der Waals surface area contributed by atoms with Crippen LogP contribution in [0.3, 0.4) is 0 Å². The molecule has 4 heterocycles. The van der Waals surface area contributed by atoms with Crippen LogP contribution < -0.4 is 30.7 Å². The number of nitrogens with one attached hydrogen (secondary N) is 1. The fraction of sp³-hybridized carbons (Fsp3) is 0.526. The van der Waals surface area contributed by atoms with Crippen molar-refractivity contribution in [3.63, 3.8) is 0 Å². The number of halogens is 2. The minimum absolute atomic E-state index is 0.0926. The lowest BCUT2D eigenvalue weighted by atomic mass is 10.2. The standard InChI is InChI=1S/C20H27FN4O4S.C17H23FN4O4.CH2S/c1-2-18(30)22-12-15-13-25(20(28)29-15)14-3-4-17(16(21)11-14)23-6-8-24(9-7-23)19(27)5-10-26;18-14-9-12(22-11-13(10-19)26-17(22)25)1-2-15(14)20-4-6-21(7-5-20)16(24)3-8-23;1-2/h3-4,11,15,26H,2,5-10,12-13H2,1H3,(H,22,30);1-2,9,13,23H,3-8,10-11,19H2;1H2/t15-;13-;/m00./s1. The zero-order valence-corrected chi connectivity index (χ0v) is 34.2. The van der Waals surface area contributed by atoms with Gasteiger partial charge in [0.2, 0.25) is 11.8 Å². The first-order valence-electron chi connectivity index (χ1n) is 19.0. The molecule has 4 aliphatic heterocycles. The molecule has 2 atom stereocenters. The summed E-state index contributed by atoms with van der Waals surface area (Å²) in [5, 5.41) is 20.8. The first kappa shape index (κ1) is 45.9. The molecular weight excluding hydrogens is 799 g/mol. The van der Waals surface area contributed by atoms with E-state index in [-0.39, 0.29) is 56.6 Å². The van der Waals surface area contributed by atoms with Gasteiger partial charge in [0.25, 0.3) is 0 Å². The van der Waals surface area contributed by atoms with Crippen LogP contribution in [0.1, 0.15) is 26.2 Å². The molecule has 6 rings (SSSR count). The summed E-state index contributed by atoms with van der Waals surface area (Å²) in [6.45, 7) is 6.83. The van der Waals surface area contributed by atoms with E-state index in [1.165, 1.54) is 21.9 Å². The number of ether oxygens (including phenoxy) is 2. The number of aliphatic hydroxyl groups excluding tert-OH is 2. The molecule has 58 heavy (non-hydrogen) atoms. The van der Waals surface area contributed by atoms with Crippen LogP contribution in [-0.2, 0) is 19.1 Å². The Kier molecular flexibility index (Phi) is 17.7. The molecule has 5 N–H and O–H groups in total. The Labute approximate surface area is 347 Å². The molecule has 0 saturated carbocycles. The van der Waals surface area contributed by atoms with Gasteiger partial charge in [-0.3, -0.25) is 19.4 Å². The molecule has 4 amide bonds. The SMILES string of the molecule is C=S.CCC(=S)NC[C@H]1CN(c2ccc(N3CCN(C(=O)CCO)CC3)c(F)c2)C(=O)O1.NC[C@H]1CN(c2ccc(N3CCN(C(=O)CCO)CC3)c(F)c2)C(=O)O1.